The van der Waals surface area contributed by atoms with Gasteiger partial charge < -0.3 is 9.84 Å². The van der Waals surface area contributed by atoms with Gasteiger partial charge in [-0.25, -0.2) is 0 Å². The van der Waals surface area contributed by atoms with Crippen molar-refractivity contribution in [2.45, 2.75) is 31.8 Å². The topological polar surface area (TPSA) is 29.5 Å². The van der Waals surface area contributed by atoms with E-state index in [2.05, 4.69) is 12.1 Å². The highest BCUT2D eigenvalue weighted by molar-refractivity contribution is 6.30. The first kappa shape index (κ1) is 15.9. The Labute approximate surface area is 131 Å². The zero-order valence-corrected chi connectivity index (χ0v) is 13.0. The first-order valence-electron chi connectivity index (χ1n) is 7.23. The molecule has 0 aromatic heterocycles. The summed E-state index contributed by atoms with van der Waals surface area (Å²) in [6, 6.07) is 15.8. The van der Waals surface area contributed by atoms with E-state index in [1.165, 1.54) is 5.56 Å². The number of hydrogen-bond donors (Lipinski definition) is 1. The standard InChI is InChI=1S/C18H21ClO2/c1-21-18-11-10-16(19)12-15(18)13-17(20)9-5-8-14-6-3-2-4-7-14/h2-4,6-7,10-12,17,20H,5,8-9,13H2,1H3. The third-order valence-corrected chi connectivity index (χ3v) is 3.78. The van der Waals surface area contributed by atoms with E-state index < -0.39 is 0 Å². The van der Waals surface area contributed by atoms with Gasteiger partial charge >= 0.3 is 0 Å². The van der Waals surface area contributed by atoms with Gasteiger partial charge in [-0.2, -0.15) is 0 Å². The van der Waals surface area contributed by atoms with Gasteiger partial charge in [-0.15, -0.1) is 0 Å². The van der Waals surface area contributed by atoms with Crippen molar-refractivity contribution in [1.29, 1.82) is 0 Å². The number of hydrogen-bond acceptors (Lipinski definition) is 2. The molecule has 1 N–H and O–H groups in total. The number of benzene rings is 2. The maximum atomic E-state index is 10.2. The molecule has 2 aromatic rings. The van der Waals surface area contributed by atoms with Gasteiger partial charge in [-0.1, -0.05) is 41.9 Å². The number of halogens is 1. The molecule has 0 bridgehead atoms. The van der Waals surface area contributed by atoms with Crippen molar-refractivity contribution in [1.82, 2.24) is 0 Å². The summed E-state index contributed by atoms with van der Waals surface area (Å²) < 4.78 is 5.31. The van der Waals surface area contributed by atoms with E-state index in [0.29, 0.717) is 11.4 Å². The van der Waals surface area contributed by atoms with Crippen LogP contribution >= 0.6 is 11.6 Å². The van der Waals surface area contributed by atoms with Crippen LogP contribution in [0.5, 0.6) is 5.75 Å². The van der Waals surface area contributed by atoms with Crippen molar-refractivity contribution < 1.29 is 9.84 Å². The van der Waals surface area contributed by atoms with Gasteiger partial charge in [0.1, 0.15) is 5.75 Å². The molecule has 0 aliphatic rings. The molecule has 0 heterocycles. The average molecular weight is 305 g/mol. The largest absolute Gasteiger partial charge is 0.496 e. The van der Waals surface area contributed by atoms with E-state index >= 15 is 0 Å². The Morgan fingerprint density at radius 3 is 2.62 bits per heavy atom. The molecule has 21 heavy (non-hydrogen) atoms. The molecule has 0 fully saturated rings. The lowest BCUT2D eigenvalue weighted by atomic mass is 10.0. The van der Waals surface area contributed by atoms with Gasteiger partial charge in [0.2, 0.25) is 0 Å². The quantitative estimate of drug-likeness (QED) is 0.827. The Kier molecular flexibility index (Phi) is 6.09. The zero-order valence-electron chi connectivity index (χ0n) is 12.3. The minimum Gasteiger partial charge on any atom is -0.496 e. The van der Waals surface area contributed by atoms with Gasteiger partial charge in [0, 0.05) is 11.4 Å². The SMILES string of the molecule is COc1ccc(Cl)cc1CC(O)CCCc1ccccc1. The van der Waals surface area contributed by atoms with Crippen molar-refractivity contribution >= 4 is 11.6 Å². The normalized spacial score (nSPS) is 12.1. The molecule has 0 saturated heterocycles. The molecule has 0 aliphatic carbocycles. The molecule has 0 spiro atoms. The molecule has 3 heteroatoms. The summed E-state index contributed by atoms with van der Waals surface area (Å²) in [5.74, 6) is 0.779. The van der Waals surface area contributed by atoms with Crippen LogP contribution in [0.3, 0.4) is 0 Å². The average Bonchev–Trinajstić information content (AvgIpc) is 2.48. The van der Waals surface area contributed by atoms with E-state index in [0.717, 1.165) is 30.6 Å². The molecule has 2 nitrogen and oxygen atoms in total. The highest BCUT2D eigenvalue weighted by Gasteiger charge is 2.10. The first-order chi connectivity index (χ1) is 10.2. The molecular formula is C18H21ClO2. The fourth-order valence-electron chi connectivity index (χ4n) is 2.45. The molecule has 0 amide bonds. The predicted octanol–water partition coefficient (Wildman–Crippen LogP) is 4.27. The van der Waals surface area contributed by atoms with E-state index in [4.69, 9.17) is 16.3 Å². The summed E-state index contributed by atoms with van der Waals surface area (Å²) in [5.41, 5.74) is 2.27. The van der Waals surface area contributed by atoms with Crippen LogP contribution in [0, 0.1) is 0 Å². The summed E-state index contributed by atoms with van der Waals surface area (Å²) >= 11 is 6.00. The van der Waals surface area contributed by atoms with E-state index in [1.807, 2.05) is 30.3 Å². The highest BCUT2D eigenvalue weighted by atomic mass is 35.5. The summed E-state index contributed by atoms with van der Waals surface area (Å²) in [5, 5.41) is 10.9. The molecule has 0 saturated carbocycles. The zero-order chi connectivity index (χ0) is 15.1. The second kappa shape index (κ2) is 8.06. The van der Waals surface area contributed by atoms with Crippen LogP contribution in [0.4, 0.5) is 0 Å². The first-order valence-corrected chi connectivity index (χ1v) is 7.61. The minimum atomic E-state index is -0.374. The third-order valence-electron chi connectivity index (χ3n) is 3.54. The van der Waals surface area contributed by atoms with Crippen molar-refractivity contribution in [2.24, 2.45) is 0 Å². The summed E-state index contributed by atoms with van der Waals surface area (Å²) in [6.07, 6.45) is 2.92. The second-order valence-corrected chi connectivity index (χ2v) is 5.63. The third kappa shape index (κ3) is 5.07. The number of ether oxygens (including phenoxy) is 1. The van der Waals surface area contributed by atoms with Crippen LogP contribution in [-0.2, 0) is 12.8 Å². The van der Waals surface area contributed by atoms with Crippen molar-refractivity contribution in [3.05, 3.63) is 64.7 Å². The van der Waals surface area contributed by atoms with Crippen LogP contribution in [0.2, 0.25) is 5.02 Å². The second-order valence-electron chi connectivity index (χ2n) is 5.19. The van der Waals surface area contributed by atoms with Crippen LogP contribution in [0.15, 0.2) is 48.5 Å². The van der Waals surface area contributed by atoms with Crippen LogP contribution in [0.1, 0.15) is 24.0 Å². The number of rotatable bonds is 7. The summed E-state index contributed by atoms with van der Waals surface area (Å²) in [4.78, 5) is 0. The molecule has 1 unspecified atom stereocenters. The van der Waals surface area contributed by atoms with Crippen molar-refractivity contribution in [2.75, 3.05) is 7.11 Å². The van der Waals surface area contributed by atoms with E-state index in [1.54, 1.807) is 13.2 Å². The lowest BCUT2D eigenvalue weighted by molar-refractivity contribution is 0.161. The fraction of sp³-hybridized carbons (Fsp3) is 0.333. The molecule has 112 valence electrons. The van der Waals surface area contributed by atoms with Gasteiger partial charge in [-0.05, 0) is 48.6 Å². The van der Waals surface area contributed by atoms with Crippen LogP contribution < -0.4 is 4.74 Å². The monoisotopic (exact) mass is 304 g/mol. The Morgan fingerprint density at radius 2 is 1.90 bits per heavy atom. The molecule has 2 aromatic carbocycles. The van der Waals surface area contributed by atoms with Crippen molar-refractivity contribution in [3.8, 4) is 5.75 Å². The number of aryl methyl sites for hydroxylation is 1. The molecule has 0 aliphatic heterocycles. The molecule has 2 rings (SSSR count). The summed E-state index contributed by atoms with van der Waals surface area (Å²) in [7, 11) is 1.63. The number of methoxy groups -OCH3 is 1. The Bertz CT molecular complexity index is 554. The van der Waals surface area contributed by atoms with Crippen molar-refractivity contribution in [3.63, 3.8) is 0 Å². The lowest BCUT2D eigenvalue weighted by Crippen LogP contribution is -2.11. The number of aliphatic hydroxyl groups excluding tert-OH is 1. The summed E-state index contributed by atoms with van der Waals surface area (Å²) in [6.45, 7) is 0. The van der Waals surface area contributed by atoms with Crippen LogP contribution in [0.25, 0.3) is 0 Å². The van der Waals surface area contributed by atoms with E-state index in [9.17, 15) is 5.11 Å². The Balaban J connectivity index is 1.84. The van der Waals surface area contributed by atoms with Gasteiger partial charge in [-0.3, -0.25) is 0 Å². The minimum absolute atomic E-state index is 0.374. The smallest absolute Gasteiger partial charge is 0.122 e. The highest BCUT2D eigenvalue weighted by Crippen LogP contribution is 2.24. The predicted molar refractivity (Wildman–Crippen MR) is 87.1 cm³/mol. The Hall–Kier alpha value is -1.51. The molecule has 1 atom stereocenters. The van der Waals surface area contributed by atoms with Gasteiger partial charge in [0.05, 0.1) is 13.2 Å². The maximum Gasteiger partial charge on any atom is 0.122 e. The molecule has 0 radical (unpaired) electrons. The van der Waals surface area contributed by atoms with Gasteiger partial charge in [0.25, 0.3) is 0 Å². The van der Waals surface area contributed by atoms with E-state index in [-0.39, 0.29) is 6.10 Å². The van der Waals surface area contributed by atoms with Gasteiger partial charge in [0.15, 0.2) is 0 Å². The molecular weight excluding hydrogens is 284 g/mol. The fourth-order valence-corrected chi connectivity index (χ4v) is 2.64. The van der Waals surface area contributed by atoms with Crippen LogP contribution in [-0.4, -0.2) is 18.3 Å². The lowest BCUT2D eigenvalue weighted by Gasteiger charge is -2.14. The maximum absolute atomic E-state index is 10.2. The number of aliphatic hydroxyl groups is 1. The Morgan fingerprint density at radius 1 is 1.14 bits per heavy atom.